The van der Waals surface area contributed by atoms with Crippen LogP contribution in [-0.2, 0) is 0 Å². The molecule has 128 valence electrons. The monoisotopic (exact) mass is 320 g/mol. The van der Waals surface area contributed by atoms with E-state index < -0.39 is 0 Å². The van der Waals surface area contributed by atoms with Crippen molar-refractivity contribution in [2.75, 3.05) is 40.9 Å². The van der Waals surface area contributed by atoms with Crippen LogP contribution in [0.25, 0.3) is 0 Å². The molecule has 1 aromatic carbocycles. The van der Waals surface area contributed by atoms with Crippen molar-refractivity contribution in [2.45, 2.75) is 32.2 Å². The fourth-order valence-corrected chi connectivity index (χ4v) is 3.26. The van der Waals surface area contributed by atoms with Crippen molar-refractivity contribution in [3.63, 3.8) is 0 Å². The number of nitrogens with zero attached hydrogens (tertiary/aromatic N) is 2. The summed E-state index contributed by atoms with van der Waals surface area (Å²) in [5.74, 6) is 1.09. The first kappa shape index (κ1) is 17.6. The number of carbonyl (C=O) groups is 1. The molecule has 1 saturated heterocycles. The minimum Gasteiger partial charge on any atom is -0.493 e. The first-order valence-electron chi connectivity index (χ1n) is 8.32. The Hall–Kier alpha value is -1.75. The number of amides is 1. The Bertz CT molecular complexity index is 525. The second kappa shape index (κ2) is 8.20. The van der Waals surface area contributed by atoms with Gasteiger partial charge in [-0.2, -0.15) is 0 Å². The Morgan fingerprint density at radius 1 is 1.26 bits per heavy atom. The fourth-order valence-electron chi connectivity index (χ4n) is 3.26. The van der Waals surface area contributed by atoms with Crippen LogP contribution < -0.4 is 9.47 Å². The summed E-state index contributed by atoms with van der Waals surface area (Å²) in [6.07, 6.45) is 3.23. The van der Waals surface area contributed by atoms with E-state index in [4.69, 9.17) is 9.47 Å². The lowest BCUT2D eigenvalue weighted by molar-refractivity contribution is 0.0639. The third kappa shape index (κ3) is 3.96. The standard InChI is InChI=1S/C18H28N2O3/c1-5-11-20-12-9-14(10-13-20)19(2)18(21)15-7-6-8-16(22-3)17(15)23-4/h6-8,14H,5,9-13H2,1-4H3. The molecule has 1 heterocycles. The average Bonchev–Trinajstić information content (AvgIpc) is 2.60. The number of para-hydroxylation sites is 1. The van der Waals surface area contributed by atoms with E-state index in [9.17, 15) is 4.79 Å². The number of benzene rings is 1. The van der Waals surface area contributed by atoms with E-state index in [-0.39, 0.29) is 11.9 Å². The van der Waals surface area contributed by atoms with Crippen LogP contribution in [0.3, 0.4) is 0 Å². The Morgan fingerprint density at radius 2 is 1.96 bits per heavy atom. The molecule has 0 saturated carbocycles. The Kier molecular flexibility index (Phi) is 6.28. The first-order chi connectivity index (χ1) is 11.1. The maximum atomic E-state index is 12.9. The highest BCUT2D eigenvalue weighted by Crippen LogP contribution is 2.32. The molecule has 0 aliphatic carbocycles. The summed E-state index contributed by atoms with van der Waals surface area (Å²) >= 11 is 0. The summed E-state index contributed by atoms with van der Waals surface area (Å²) < 4.78 is 10.7. The summed E-state index contributed by atoms with van der Waals surface area (Å²) in [6, 6.07) is 5.71. The molecule has 5 heteroatoms. The van der Waals surface area contributed by atoms with Gasteiger partial charge in [0.2, 0.25) is 0 Å². The number of hydrogen-bond donors (Lipinski definition) is 0. The molecule has 1 amide bonds. The normalized spacial score (nSPS) is 16.2. The Balaban J connectivity index is 2.09. The number of ether oxygens (including phenoxy) is 2. The summed E-state index contributed by atoms with van der Waals surface area (Å²) in [6.45, 7) is 5.47. The molecule has 0 radical (unpaired) electrons. The number of methoxy groups -OCH3 is 2. The Labute approximate surface area is 139 Å². The van der Waals surface area contributed by atoms with Crippen LogP contribution >= 0.6 is 0 Å². The van der Waals surface area contributed by atoms with E-state index >= 15 is 0 Å². The van der Waals surface area contributed by atoms with E-state index in [1.54, 1.807) is 26.4 Å². The summed E-state index contributed by atoms with van der Waals surface area (Å²) in [4.78, 5) is 17.2. The van der Waals surface area contributed by atoms with Crippen molar-refractivity contribution in [1.82, 2.24) is 9.80 Å². The van der Waals surface area contributed by atoms with Gasteiger partial charge in [-0.3, -0.25) is 4.79 Å². The average molecular weight is 320 g/mol. The number of rotatable bonds is 6. The lowest BCUT2D eigenvalue weighted by atomic mass is 10.0. The van der Waals surface area contributed by atoms with Crippen LogP contribution in [-0.4, -0.2) is 62.7 Å². The van der Waals surface area contributed by atoms with Crippen molar-refractivity contribution >= 4 is 5.91 Å². The molecule has 1 fully saturated rings. The number of hydrogen-bond acceptors (Lipinski definition) is 4. The maximum Gasteiger partial charge on any atom is 0.257 e. The van der Waals surface area contributed by atoms with Crippen molar-refractivity contribution < 1.29 is 14.3 Å². The van der Waals surface area contributed by atoms with E-state index in [1.165, 1.54) is 6.42 Å². The molecular formula is C18H28N2O3. The SMILES string of the molecule is CCCN1CCC(N(C)C(=O)c2cccc(OC)c2OC)CC1. The number of likely N-dealkylation sites (tertiary alicyclic amines) is 1. The predicted molar refractivity (Wildman–Crippen MR) is 91.4 cm³/mol. The molecule has 1 aliphatic heterocycles. The van der Waals surface area contributed by atoms with E-state index in [2.05, 4.69) is 11.8 Å². The molecule has 0 unspecified atom stereocenters. The van der Waals surface area contributed by atoms with Gasteiger partial charge in [-0.15, -0.1) is 0 Å². The minimum absolute atomic E-state index is 0.00492. The van der Waals surface area contributed by atoms with E-state index in [0.29, 0.717) is 17.1 Å². The maximum absolute atomic E-state index is 12.9. The highest BCUT2D eigenvalue weighted by molar-refractivity contribution is 5.97. The van der Waals surface area contributed by atoms with E-state index in [0.717, 1.165) is 32.5 Å². The molecular weight excluding hydrogens is 292 g/mol. The quantitative estimate of drug-likeness (QED) is 0.808. The largest absolute Gasteiger partial charge is 0.493 e. The van der Waals surface area contributed by atoms with Crippen molar-refractivity contribution in [3.05, 3.63) is 23.8 Å². The van der Waals surface area contributed by atoms with Gasteiger partial charge in [0.15, 0.2) is 11.5 Å². The van der Waals surface area contributed by atoms with Gasteiger partial charge in [-0.25, -0.2) is 0 Å². The second-order valence-electron chi connectivity index (χ2n) is 6.03. The molecule has 0 bridgehead atoms. The summed E-state index contributed by atoms with van der Waals surface area (Å²) in [7, 11) is 5.04. The fraction of sp³-hybridized carbons (Fsp3) is 0.611. The molecule has 1 aromatic rings. The van der Waals surface area contributed by atoms with Crippen LogP contribution in [0.2, 0.25) is 0 Å². The van der Waals surface area contributed by atoms with Gasteiger partial charge >= 0.3 is 0 Å². The van der Waals surface area contributed by atoms with Gasteiger partial charge in [-0.1, -0.05) is 13.0 Å². The Morgan fingerprint density at radius 3 is 2.52 bits per heavy atom. The van der Waals surface area contributed by atoms with Crippen LogP contribution in [0.15, 0.2) is 18.2 Å². The van der Waals surface area contributed by atoms with Crippen LogP contribution in [0.1, 0.15) is 36.5 Å². The molecule has 5 nitrogen and oxygen atoms in total. The van der Waals surface area contributed by atoms with Crippen LogP contribution in [0.5, 0.6) is 11.5 Å². The van der Waals surface area contributed by atoms with Gasteiger partial charge in [0.1, 0.15) is 0 Å². The number of carbonyl (C=O) groups excluding carboxylic acids is 1. The summed E-state index contributed by atoms with van der Waals surface area (Å²) in [5, 5.41) is 0. The minimum atomic E-state index is -0.00492. The lowest BCUT2D eigenvalue weighted by Gasteiger charge is -2.36. The highest BCUT2D eigenvalue weighted by atomic mass is 16.5. The zero-order valence-corrected chi connectivity index (χ0v) is 14.7. The van der Waals surface area contributed by atoms with E-state index in [1.807, 2.05) is 18.0 Å². The third-order valence-electron chi connectivity index (χ3n) is 4.60. The zero-order valence-electron chi connectivity index (χ0n) is 14.7. The molecule has 0 spiro atoms. The molecule has 23 heavy (non-hydrogen) atoms. The van der Waals surface area contributed by atoms with Crippen LogP contribution in [0.4, 0.5) is 0 Å². The predicted octanol–water partition coefficient (Wildman–Crippen LogP) is 2.65. The molecule has 2 rings (SSSR count). The zero-order chi connectivity index (χ0) is 16.8. The molecule has 0 N–H and O–H groups in total. The second-order valence-corrected chi connectivity index (χ2v) is 6.03. The van der Waals surface area contributed by atoms with Crippen molar-refractivity contribution in [2.24, 2.45) is 0 Å². The lowest BCUT2D eigenvalue weighted by Crippen LogP contribution is -2.45. The number of piperidine rings is 1. The van der Waals surface area contributed by atoms with Gasteiger partial charge in [0, 0.05) is 26.2 Å². The molecule has 0 atom stereocenters. The first-order valence-corrected chi connectivity index (χ1v) is 8.32. The summed E-state index contributed by atoms with van der Waals surface area (Å²) in [5.41, 5.74) is 0.560. The van der Waals surface area contributed by atoms with Gasteiger partial charge < -0.3 is 19.3 Å². The van der Waals surface area contributed by atoms with Crippen molar-refractivity contribution in [3.8, 4) is 11.5 Å². The topological polar surface area (TPSA) is 42.0 Å². The molecule has 0 aromatic heterocycles. The smallest absolute Gasteiger partial charge is 0.257 e. The molecule has 1 aliphatic rings. The third-order valence-corrected chi connectivity index (χ3v) is 4.60. The highest BCUT2D eigenvalue weighted by Gasteiger charge is 2.27. The van der Waals surface area contributed by atoms with Crippen molar-refractivity contribution in [1.29, 1.82) is 0 Å². The van der Waals surface area contributed by atoms with Gasteiger partial charge in [0.25, 0.3) is 5.91 Å². The van der Waals surface area contributed by atoms with Gasteiger partial charge in [-0.05, 0) is 37.9 Å². The van der Waals surface area contributed by atoms with Gasteiger partial charge in [0.05, 0.1) is 19.8 Å². The van der Waals surface area contributed by atoms with Crippen LogP contribution in [0, 0.1) is 0 Å².